The number of carbonyl (C=O) groups is 1. The molecule has 0 bridgehead atoms. The quantitative estimate of drug-likeness (QED) is 0.917. The lowest BCUT2D eigenvalue weighted by atomic mass is 9.77. The maximum Gasteiger partial charge on any atom is 0.309 e. The highest BCUT2D eigenvalue weighted by molar-refractivity contribution is 7.89. The van der Waals surface area contributed by atoms with Crippen LogP contribution in [0.25, 0.3) is 10.8 Å². The molecule has 0 saturated carbocycles. The van der Waals surface area contributed by atoms with E-state index in [0.717, 1.165) is 5.39 Å². The number of carboxylic acids is 1. The van der Waals surface area contributed by atoms with Gasteiger partial charge in [0.25, 0.3) is 0 Å². The zero-order chi connectivity index (χ0) is 17.4. The van der Waals surface area contributed by atoms with Crippen LogP contribution >= 0.6 is 0 Å². The molecule has 24 heavy (non-hydrogen) atoms. The second-order valence-electron chi connectivity index (χ2n) is 6.20. The lowest BCUT2D eigenvalue weighted by molar-refractivity contribution is -0.151. The van der Waals surface area contributed by atoms with Crippen LogP contribution in [0.5, 0.6) is 0 Å². The highest BCUT2D eigenvalue weighted by atomic mass is 32.2. The number of hydrogen-bond donors (Lipinski definition) is 1. The summed E-state index contributed by atoms with van der Waals surface area (Å²) in [6.07, 6.45) is 4.39. The summed E-state index contributed by atoms with van der Waals surface area (Å²) in [5, 5.41) is 10.9. The van der Waals surface area contributed by atoms with Gasteiger partial charge in [0.1, 0.15) is 0 Å². The van der Waals surface area contributed by atoms with Crippen molar-refractivity contribution in [2.75, 3.05) is 13.1 Å². The standard InChI is InChI=1S/C17H20N2O4S/c1-2-17(16(20)21)7-10-19(11-8-17)24(22,23)15-5-3-4-13-12-18-9-6-14(13)15/h3-6,9,12H,2,7-8,10-11H2,1H3,(H,20,21). The molecule has 0 atom stereocenters. The number of fused-ring (bicyclic) bond motifs is 1. The van der Waals surface area contributed by atoms with Crippen molar-refractivity contribution in [2.24, 2.45) is 5.41 Å². The maximum atomic E-state index is 13.0. The van der Waals surface area contributed by atoms with E-state index in [0.29, 0.717) is 24.6 Å². The summed E-state index contributed by atoms with van der Waals surface area (Å²) < 4.78 is 27.5. The molecule has 7 heteroatoms. The number of hydrogen-bond acceptors (Lipinski definition) is 4. The Hall–Kier alpha value is -1.99. The first-order chi connectivity index (χ1) is 11.4. The monoisotopic (exact) mass is 348 g/mol. The van der Waals surface area contributed by atoms with Gasteiger partial charge in [-0.05, 0) is 31.4 Å². The average molecular weight is 348 g/mol. The largest absolute Gasteiger partial charge is 0.481 e. The van der Waals surface area contributed by atoms with Crippen LogP contribution in [0.4, 0.5) is 0 Å². The summed E-state index contributed by atoms with van der Waals surface area (Å²) in [6.45, 7) is 2.30. The Kier molecular flexibility index (Phi) is 4.31. The van der Waals surface area contributed by atoms with E-state index in [1.165, 1.54) is 4.31 Å². The minimum atomic E-state index is -3.66. The summed E-state index contributed by atoms with van der Waals surface area (Å²) >= 11 is 0. The van der Waals surface area contributed by atoms with Gasteiger partial charge in [0.2, 0.25) is 10.0 Å². The van der Waals surface area contributed by atoms with E-state index in [4.69, 9.17) is 0 Å². The van der Waals surface area contributed by atoms with Gasteiger partial charge in [-0.3, -0.25) is 9.78 Å². The Morgan fingerprint density at radius 3 is 2.62 bits per heavy atom. The van der Waals surface area contributed by atoms with Crippen molar-refractivity contribution in [1.29, 1.82) is 0 Å². The minimum absolute atomic E-state index is 0.226. The fraction of sp³-hybridized carbons (Fsp3) is 0.412. The van der Waals surface area contributed by atoms with Gasteiger partial charge in [0.15, 0.2) is 0 Å². The zero-order valence-corrected chi connectivity index (χ0v) is 14.3. The summed E-state index contributed by atoms with van der Waals surface area (Å²) in [4.78, 5) is 15.8. The van der Waals surface area contributed by atoms with Gasteiger partial charge in [0, 0.05) is 36.3 Å². The fourth-order valence-corrected chi connectivity index (χ4v) is 4.99. The number of aromatic nitrogens is 1. The van der Waals surface area contributed by atoms with Crippen molar-refractivity contribution in [3.63, 3.8) is 0 Å². The van der Waals surface area contributed by atoms with Crippen LogP contribution in [0.15, 0.2) is 41.6 Å². The van der Waals surface area contributed by atoms with Crippen molar-refractivity contribution in [2.45, 2.75) is 31.1 Å². The number of benzene rings is 1. The van der Waals surface area contributed by atoms with Crippen LogP contribution < -0.4 is 0 Å². The SMILES string of the molecule is CCC1(C(=O)O)CCN(S(=O)(=O)c2cccc3cnccc23)CC1. The Morgan fingerprint density at radius 1 is 1.29 bits per heavy atom. The highest BCUT2D eigenvalue weighted by Crippen LogP contribution is 2.37. The van der Waals surface area contributed by atoms with Crippen LogP contribution in [0.3, 0.4) is 0 Å². The molecule has 1 saturated heterocycles. The van der Waals surface area contributed by atoms with Crippen molar-refractivity contribution in [3.8, 4) is 0 Å². The number of aliphatic carboxylic acids is 1. The molecule has 0 radical (unpaired) electrons. The third-order valence-electron chi connectivity index (χ3n) is 5.07. The number of piperidine rings is 1. The van der Waals surface area contributed by atoms with Gasteiger partial charge in [-0.25, -0.2) is 8.42 Å². The fourth-order valence-electron chi connectivity index (χ4n) is 3.33. The number of sulfonamides is 1. The van der Waals surface area contributed by atoms with Gasteiger partial charge in [-0.1, -0.05) is 19.1 Å². The van der Waals surface area contributed by atoms with E-state index in [1.54, 1.807) is 30.6 Å². The van der Waals surface area contributed by atoms with E-state index in [1.807, 2.05) is 13.0 Å². The van der Waals surface area contributed by atoms with Gasteiger partial charge in [-0.15, -0.1) is 0 Å². The Morgan fingerprint density at radius 2 is 2.00 bits per heavy atom. The molecule has 128 valence electrons. The lowest BCUT2D eigenvalue weighted by Crippen LogP contribution is -2.46. The van der Waals surface area contributed by atoms with E-state index in [2.05, 4.69) is 4.98 Å². The third kappa shape index (κ3) is 2.67. The van der Waals surface area contributed by atoms with Crippen LogP contribution in [0.1, 0.15) is 26.2 Å². The van der Waals surface area contributed by atoms with E-state index in [-0.39, 0.29) is 18.0 Å². The summed E-state index contributed by atoms with van der Waals surface area (Å²) in [5.41, 5.74) is -0.811. The number of pyridine rings is 1. The Balaban J connectivity index is 1.94. The van der Waals surface area contributed by atoms with Crippen LogP contribution in [0.2, 0.25) is 0 Å². The first kappa shape index (κ1) is 16.9. The molecule has 2 aromatic rings. The summed E-state index contributed by atoms with van der Waals surface area (Å²) in [7, 11) is -3.66. The molecule has 2 heterocycles. The second-order valence-corrected chi connectivity index (χ2v) is 8.10. The molecule has 1 N–H and O–H groups in total. The van der Waals surface area contributed by atoms with E-state index >= 15 is 0 Å². The highest BCUT2D eigenvalue weighted by Gasteiger charge is 2.42. The molecule has 1 aromatic heterocycles. The summed E-state index contributed by atoms with van der Waals surface area (Å²) in [5.74, 6) is -0.835. The molecule has 1 aliphatic heterocycles. The molecule has 6 nitrogen and oxygen atoms in total. The lowest BCUT2D eigenvalue weighted by Gasteiger charge is -2.37. The minimum Gasteiger partial charge on any atom is -0.481 e. The Bertz CT molecular complexity index is 866. The average Bonchev–Trinajstić information content (AvgIpc) is 2.61. The number of carboxylic acid groups (broad SMARTS) is 1. The van der Waals surface area contributed by atoms with Crippen molar-refractivity contribution in [1.82, 2.24) is 9.29 Å². The normalized spacial score (nSPS) is 18.5. The van der Waals surface area contributed by atoms with Gasteiger partial charge >= 0.3 is 5.97 Å². The van der Waals surface area contributed by atoms with Crippen molar-refractivity contribution < 1.29 is 18.3 Å². The molecule has 1 aromatic carbocycles. The predicted octanol–water partition coefficient (Wildman–Crippen LogP) is 2.50. The van der Waals surface area contributed by atoms with E-state index < -0.39 is 21.4 Å². The molecule has 0 spiro atoms. The molecule has 0 amide bonds. The molecular formula is C17H20N2O4S. The molecule has 0 aliphatic carbocycles. The van der Waals surface area contributed by atoms with Crippen LogP contribution in [-0.4, -0.2) is 41.9 Å². The second kappa shape index (κ2) is 6.14. The van der Waals surface area contributed by atoms with Gasteiger partial charge in [-0.2, -0.15) is 4.31 Å². The van der Waals surface area contributed by atoms with Crippen LogP contribution in [0, 0.1) is 5.41 Å². The van der Waals surface area contributed by atoms with Crippen molar-refractivity contribution >= 4 is 26.8 Å². The molecule has 1 fully saturated rings. The van der Waals surface area contributed by atoms with Gasteiger partial charge in [0.05, 0.1) is 10.3 Å². The topological polar surface area (TPSA) is 87.6 Å². The van der Waals surface area contributed by atoms with Crippen molar-refractivity contribution in [3.05, 3.63) is 36.7 Å². The molecule has 3 rings (SSSR count). The molecular weight excluding hydrogens is 328 g/mol. The van der Waals surface area contributed by atoms with E-state index in [9.17, 15) is 18.3 Å². The smallest absolute Gasteiger partial charge is 0.309 e. The predicted molar refractivity (Wildman–Crippen MR) is 90.1 cm³/mol. The Labute approximate surface area is 141 Å². The van der Waals surface area contributed by atoms with Crippen LogP contribution in [-0.2, 0) is 14.8 Å². The third-order valence-corrected chi connectivity index (χ3v) is 7.03. The van der Waals surface area contributed by atoms with Gasteiger partial charge < -0.3 is 5.11 Å². The molecule has 1 aliphatic rings. The number of nitrogens with zero attached hydrogens (tertiary/aromatic N) is 2. The summed E-state index contributed by atoms with van der Waals surface area (Å²) in [6, 6.07) is 6.81. The maximum absolute atomic E-state index is 13.0. The zero-order valence-electron chi connectivity index (χ0n) is 13.5. The first-order valence-electron chi connectivity index (χ1n) is 7.97. The first-order valence-corrected chi connectivity index (χ1v) is 9.41. The molecule has 0 unspecified atom stereocenters. The number of rotatable bonds is 4.